The van der Waals surface area contributed by atoms with E-state index in [1.54, 1.807) is 17.1 Å². The third-order valence-corrected chi connectivity index (χ3v) is 6.93. The summed E-state index contributed by atoms with van der Waals surface area (Å²) in [5, 5.41) is 23.1. The number of hydrogen-bond donors (Lipinski definition) is 2. The van der Waals surface area contributed by atoms with Crippen LogP contribution in [-0.4, -0.2) is 46.8 Å². The van der Waals surface area contributed by atoms with Gasteiger partial charge in [-0.05, 0) is 73.8 Å². The molecule has 0 saturated heterocycles. The highest BCUT2D eigenvalue weighted by Gasteiger charge is 2.60. The van der Waals surface area contributed by atoms with E-state index in [-0.39, 0.29) is 17.0 Å². The zero-order valence-electron chi connectivity index (χ0n) is 16.0. The van der Waals surface area contributed by atoms with Crippen molar-refractivity contribution in [2.75, 3.05) is 0 Å². The van der Waals surface area contributed by atoms with Crippen molar-refractivity contribution >= 4 is 5.91 Å². The van der Waals surface area contributed by atoms with Crippen molar-refractivity contribution < 1.29 is 4.79 Å². The molecule has 4 saturated carbocycles. The summed E-state index contributed by atoms with van der Waals surface area (Å²) in [5.74, 6) is 1.07. The van der Waals surface area contributed by atoms with Gasteiger partial charge in [0, 0.05) is 11.7 Å². The van der Waals surface area contributed by atoms with Crippen LogP contribution in [0.3, 0.4) is 0 Å². The Bertz CT molecular complexity index is 1030. The predicted molar refractivity (Wildman–Crippen MR) is 102 cm³/mol. The summed E-state index contributed by atoms with van der Waals surface area (Å²) < 4.78 is 0. The predicted octanol–water partition coefficient (Wildman–Crippen LogP) is 1.94. The lowest BCUT2D eigenvalue weighted by Crippen LogP contribution is -2.66. The van der Waals surface area contributed by atoms with E-state index in [1.165, 1.54) is 12.7 Å². The molecule has 148 valence electrons. The molecular formula is C20H22N8O. The fourth-order valence-electron chi connectivity index (χ4n) is 6.37. The zero-order valence-corrected chi connectivity index (χ0v) is 16.0. The molecule has 2 atom stereocenters. The molecule has 4 fully saturated rings. The molecule has 9 heteroatoms. The van der Waals surface area contributed by atoms with Crippen molar-refractivity contribution in [2.45, 2.75) is 49.6 Å². The highest BCUT2D eigenvalue weighted by atomic mass is 16.2. The number of nitrogens with zero attached hydrogens (tertiary/aromatic N) is 6. The Labute approximate surface area is 167 Å². The Balaban J connectivity index is 1.27. The molecule has 4 bridgehead atoms. The third-order valence-electron chi connectivity index (χ3n) is 6.93. The summed E-state index contributed by atoms with van der Waals surface area (Å²) in [4.78, 5) is 19.2. The molecule has 3 heterocycles. The molecule has 4 aliphatic rings. The number of carbonyl (C=O) groups is 1. The van der Waals surface area contributed by atoms with Crippen molar-refractivity contribution in [3.05, 3.63) is 42.5 Å². The molecular weight excluding hydrogens is 368 g/mol. The second-order valence-corrected chi connectivity index (χ2v) is 9.03. The van der Waals surface area contributed by atoms with E-state index in [0.717, 1.165) is 37.8 Å². The van der Waals surface area contributed by atoms with Crippen molar-refractivity contribution in [3.63, 3.8) is 0 Å². The third kappa shape index (κ3) is 2.67. The highest BCUT2D eigenvalue weighted by molar-refractivity contribution is 5.93. The number of tetrazole rings is 1. The zero-order chi connectivity index (χ0) is 19.5. The van der Waals surface area contributed by atoms with Crippen LogP contribution in [0.1, 0.15) is 49.0 Å². The fraction of sp³-hybridized carbons (Fsp3) is 0.500. The van der Waals surface area contributed by atoms with Gasteiger partial charge in [-0.2, -0.15) is 9.90 Å². The summed E-state index contributed by atoms with van der Waals surface area (Å²) >= 11 is 0. The van der Waals surface area contributed by atoms with Gasteiger partial charge in [-0.15, -0.1) is 10.2 Å². The van der Waals surface area contributed by atoms with Gasteiger partial charge in [0.05, 0.1) is 11.2 Å². The van der Waals surface area contributed by atoms with Crippen LogP contribution < -0.4 is 5.32 Å². The van der Waals surface area contributed by atoms with Crippen LogP contribution in [0.25, 0.3) is 11.4 Å². The molecule has 4 aliphatic carbocycles. The summed E-state index contributed by atoms with van der Waals surface area (Å²) in [5.41, 5.74) is 1.54. The Morgan fingerprint density at radius 3 is 2.76 bits per heavy atom. The number of H-pyrrole nitrogens is 1. The van der Waals surface area contributed by atoms with E-state index in [1.807, 2.05) is 18.2 Å². The molecule has 9 nitrogen and oxygen atoms in total. The maximum atomic E-state index is 13.1. The minimum absolute atomic E-state index is 0.108. The first-order chi connectivity index (χ1) is 14.1. The van der Waals surface area contributed by atoms with Gasteiger partial charge < -0.3 is 5.32 Å². The van der Waals surface area contributed by atoms with Gasteiger partial charge in [-0.25, -0.2) is 0 Å². The smallest absolute Gasteiger partial charge is 0.269 e. The average Bonchev–Trinajstić information content (AvgIpc) is 3.40. The average molecular weight is 390 g/mol. The molecule has 29 heavy (non-hydrogen) atoms. The molecule has 7 rings (SSSR count). The van der Waals surface area contributed by atoms with Gasteiger partial charge >= 0.3 is 0 Å². The van der Waals surface area contributed by atoms with Crippen LogP contribution in [0.2, 0.25) is 0 Å². The molecule has 0 aliphatic heterocycles. The van der Waals surface area contributed by atoms with Gasteiger partial charge in [0.1, 0.15) is 11.4 Å². The SMILES string of the molecule is O=C(NC12CC3CC(C1)CC(n1ncnn1)(C3)C2)c1cc(-c2ccccn2)n[nH]1. The second-order valence-electron chi connectivity index (χ2n) is 9.03. The normalized spacial score (nSPS) is 32.4. The number of rotatable bonds is 4. The van der Waals surface area contributed by atoms with Crippen LogP contribution in [0.15, 0.2) is 36.8 Å². The topological polar surface area (TPSA) is 114 Å². The lowest BCUT2D eigenvalue weighted by molar-refractivity contribution is -0.0811. The van der Waals surface area contributed by atoms with Crippen molar-refractivity contribution in [1.82, 2.24) is 40.7 Å². The Morgan fingerprint density at radius 1 is 1.17 bits per heavy atom. The van der Waals surface area contributed by atoms with Crippen molar-refractivity contribution in [2.24, 2.45) is 11.8 Å². The van der Waals surface area contributed by atoms with E-state index < -0.39 is 0 Å². The first-order valence-corrected chi connectivity index (χ1v) is 10.2. The number of carbonyl (C=O) groups excluding carboxylic acids is 1. The lowest BCUT2D eigenvalue weighted by atomic mass is 9.50. The maximum absolute atomic E-state index is 13.1. The number of aromatic nitrogens is 7. The first kappa shape index (κ1) is 16.8. The molecule has 2 unspecified atom stereocenters. The molecule has 0 spiro atoms. The van der Waals surface area contributed by atoms with E-state index in [9.17, 15) is 4.79 Å². The van der Waals surface area contributed by atoms with Crippen LogP contribution in [0.5, 0.6) is 0 Å². The van der Waals surface area contributed by atoms with Gasteiger partial charge in [0.15, 0.2) is 6.33 Å². The number of nitrogens with one attached hydrogen (secondary N) is 2. The highest BCUT2D eigenvalue weighted by Crippen LogP contribution is 2.60. The standard InChI is InChI=1S/C20H22N8O/c29-18(17-6-16(25-26-17)15-3-1-2-4-21-15)24-19-7-13-5-14(8-19)10-20(9-13,11-19)28-23-12-22-27-28/h1-4,6,12-14H,5,7-11H2,(H,24,29)(H,25,26). The van der Waals surface area contributed by atoms with Crippen molar-refractivity contribution in [1.29, 1.82) is 0 Å². The Hall–Kier alpha value is -3.10. The molecule has 1 amide bonds. The fourth-order valence-corrected chi connectivity index (χ4v) is 6.37. The number of amides is 1. The summed E-state index contributed by atoms with van der Waals surface area (Å²) in [6, 6.07) is 7.42. The second kappa shape index (κ2) is 5.95. The van der Waals surface area contributed by atoms with E-state index in [0.29, 0.717) is 23.2 Å². The largest absolute Gasteiger partial charge is 0.345 e. The van der Waals surface area contributed by atoms with Crippen molar-refractivity contribution in [3.8, 4) is 11.4 Å². The number of hydrogen-bond acceptors (Lipinski definition) is 6. The Morgan fingerprint density at radius 2 is 2.03 bits per heavy atom. The number of aromatic amines is 1. The summed E-state index contributed by atoms with van der Waals surface area (Å²) in [7, 11) is 0. The van der Waals surface area contributed by atoms with Crippen LogP contribution >= 0.6 is 0 Å². The van der Waals surface area contributed by atoms with Gasteiger partial charge in [0.2, 0.25) is 0 Å². The molecule has 2 N–H and O–H groups in total. The van der Waals surface area contributed by atoms with Gasteiger partial charge in [-0.1, -0.05) is 6.07 Å². The van der Waals surface area contributed by atoms with E-state index in [4.69, 9.17) is 0 Å². The van der Waals surface area contributed by atoms with Gasteiger partial charge in [-0.3, -0.25) is 14.9 Å². The minimum Gasteiger partial charge on any atom is -0.345 e. The molecule has 3 aromatic rings. The van der Waals surface area contributed by atoms with E-state index in [2.05, 4.69) is 35.9 Å². The number of pyridine rings is 1. The molecule has 3 aromatic heterocycles. The first-order valence-electron chi connectivity index (χ1n) is 10.2. The maximum Gasteiger partial charge on any atom is 0.269 e. The molecule has 0 radical (unpaired) electrons. The monoisotopic (exact) mass is 390 g/mol. The summed E-state index contributed by atoms with van der Waals surface area (Å²) in [6.07, 6.45) is 9.51. The van der Waals surface area contributed by atoms with E-state index >= 15 is 0 Å². The Kier molecular flexibility index (Phi) is 3.45. The van der Waals surface area contributed by atoms with Crippen LogP contribution in [-0.2, 0) is 5.54 Å². The quantitative estimate of drug-likeness (QED) is 0.704. The minimum atomic E-state index is -0.217. The lowest BCUT2D eigenvalue weighted by Gasteiger charge is -2.61. The van der Waals surface area contributed by atoms with Gasteiger partial charge in [0.25, 0.3) is 5.91 Å². The summed E-state index contributed by atoms with van der Waals surface area (Å²) in [6.45, 7) is 0. The molecule has 0 aromatic carbocycles. The van der Waals surface area contributed by atoms with Crippen LogP contribution in [0, 0.1) is 11.8 Å². The van der Waals surface area contributed by atoms with Crippen LogP contribution in [0.4, 0.5) is 0 Å².